The highest BCUT2D eigenvalue weighted by Gasteiger charge is 2.17. The molecule has 0 radical (unpaired) electrons. The van der Waals surface area contributed by atoms with Crippen LogP contribution in [0.3, 0.4) is 0 Å². The summed E-state index contributed by atoms with van der Waals surface area (Å²) in [7, 11) is 0. The van der Waals surface area contributed by atoms with E-state index in [1.807, 2.05) is 12.1 Å². The molecule has 8 rings (SSSR count). The smallest absolute Gasteiger partial charge is 0.346 e. The molecule has 0 aliphatic rings. The zero-order chi connectivity index (χ0) is 31.2. The van der Waals surface area contributed by atoms with Crippen LogP contribution in [0.1, 0.15) is 5.56 Å². The molecule has 0 aliphatic carbocycles. The largest absolute Gasteiger partial charge is 0.477 e. The molecule has 0 amide bonds. The number of aromatic nitrogens is 2. The van der Waals surface area contributed by atoms with Gasteiger partial charge in [0.2, 0.25) is 0 Å². The molecular formula is C38H22N4O2S2. The number of hydrogen-bond acceptors (Lipinski definition) is 7. The second kappa shape index (κ2) is 11.2. The topological polar surface area (TPSA) is 90.1 Å². The molecule has 1 N–H and O–H groups in total. The first-order chi connectivity index (χ1) is 22.6. The Kier molecular flexibility index (Phi) is 6.76. The third-order valence-electron chi connectivity index (χ3n) is 8.13. The monoisotopic (exact) mass is 630 g/mol. The van der Waals surface area contributed by atoms with Crippen molar-refractivity contribution in [1.29, 1.82) is 5.26 Å². The van der Waals surface area contributed by atoms with E-state index in [0.29, 0.717) is 16.6 Å². The molecule has 0 unspecified atom stereocenters. The lowest BCUT2D eigenvalue weighted by atomic mass is 9.99. The van der Waals surface area contributed by atoms with Gasteiger partial charge in [0.05, 0.1) is 11.7 Å². The van der Waals surface area contributed by atoms with Crippen molar-refractivity contribution in [3.05, 3.63) is 132 Å². The predicted molar refractivity (Wildman–Crippen MR) is 189 cm³/mol. The molecule has 218 valence electrons. The first kappa shape index (κ1) is 27.7. The average Bonchev–Trinajstić information content (AvgIpc) is 3.72. The number of aliphatic carboxylic acids is 1. The number of carbonyl (C=O) groups is 1. The number of nitriles is 1. The van der Waals surface area contributed by atoms with Crippen LogP contribution in [0.25, 0.3) is 59.2 Å². The molecule has 8 heteroatoms. The number of carboxylic acid groups (broad SMARTS) is 1. The van der Waals surface area contributed by atoms with E-state index in [0.717, 1.165) is 44.6 Å². The van der Waals surface area contributed by atoms with Gasteiger partial charge in [0.1, 0.15) is 22.7 Å². The van der Waals surface area contributed by atoms with E-state index < -0.39 is 5.97 Å². The van der Waals surface area contributed by atoms with Gasteiger partial charge in [0.25, 0.3) is 0 Å². The third-order valence-corrected chi connectivity index (χ3v) is 9.77. The van der Waals surface area contributed by atoms with Gasteiger partial charge in [-0.3, -0.25) is 0 Å². The molecule has 6 aromatic carbocycles. The second-order valence-corrected chi connectivity index (χ2v) is 12.4. The van der Waals surface area contributed by atoms with Crippen LogP contribution in [-0.2, 0) is 4.79 Å². The van der Waals surface area contributed by atoms with Gasteiger partial charge in [-0.05, 0) is 64.9 Å². The summed E-state index contributed by atoms with van der Waals surface area (Å²) in [6.45, 7) is 0. The zero-order valence-electron chi connectivity index (χ0n) is 24.1. The predicted octanol–water partition coefficient (Wildman–Crippen LogP) is 10.3. The highest BCUT2D eigenvalue weighted by Crippen LogP contribution is 2.42. The fourth-order valence-electron chi connectivity index (χ4n) is 5.94. The van der Waals surface area contributed by atoms with Gasteiger partial charge < -0.3 is 10.0 Å². The van der Waals surface area contributed by atoms with Crippen LogP contribution in [-0.4, -0.2) is 19.8 Å². The van der Waals surface area contributed by atoms with Crippen LogP contribution >= 0.6 is 23.1 Å². The molecule has 46 heavy (non-hydrogen) atoms. The maximum Gasteiger partial charge on any atom is 0.346 e. The SMILES string of the molecule is N#C/C(=C\c1ccc(-c2ccc3c(c2)sc2cc(N(c4ccccc4)c4ccc5ccccc5c4)ccc23)c2nsnc12)C(=O)O. The summed E-state index contributed by atoms with van der Waals surface area (Å²) < 4.78 is 11.3. The van der Waals surface area contributed by atoms with Crippen molar-refractivity contribution in [2.75, 3.05) is 4.90 Å². The molecule has 6 nitrogen and oxygen atoms in total. The van der Waals surface area contributed by atoms with Crippen LogP contribution in [0.2, 0.25) is 0 Å². The first-order valence-corrected chi connectivity index (χ1v) is 16.0. The Labute approximate surface area is 271 Å². The molecule has 0 spiro atoms. The maximum absolute atomic E-state index is 11.4. The van der Waals surface area contributed by atoms with Crippen molar-refractivity contribution in [1.82, 2.24) is 8.75 Å². The van der Waals surface area contributed by atoms with Crippen LogP contribution < -0.4 is 4.90 Å². The quantitative estimate of drug-likeness (QED) is 0.145. The van der Waals surface area contributed by atoms with Crippen molar-refractivity contribution in [2.24, 2.45) is 0 Å². The van der Waals surface area contributed by atoms with E-state index in [-0.39, 0.29) is 5.57 Å². The summed E-state index contributed by atoms with van der Waals surface area (Å²) in [5.41, 5.74) is 6.62. The normalized spacial score (nSPS) is 11.8. The summed E-state index contributed by atoms with van der Waals surface area (Å²) in [4.78, 5) is 13.7. The minimum atomic E-state index is -1.27. The second-order valence-electron chi connectivity index (χ2n) is 10.8. The number of hydrogen-bond donors (Lipinski definition) is 1. The number of carboxylic acids is 1. The maximum atomic E-state index is 11.4. The molecule has 0 saturated heterocycles. The van der Waals surface area contributed by atoms with Crippen molar-refractivity contribution < 1.29 is 9.90 Å². The number of fused-ring (bicyclic) bond motifs is 5. The first-order valence-electron chi connectivity index (χ1n) is 14.5. The number of benzene rings is 6. The lowest BCUT2D eigenvalue weighted by molar-refractivity contribution is -0.132. The molecule has 2 aromatic heterocycles. The number of nitrogens with zero attached hydrogens (tertiary/aromatic N) is 4. The highest BCUT2D eigenvalue weighted by atomic mass is 32.1. The van der Waals surface area contributed by atoms with Crippen LogP contribution in [0.5, 0.6) is 0 Å². The Hall–Kier alpha value is -5.88. The Bertz CT molecular complexity index is 2540. The molecule has 0 aliphatic heterocycles. The van der Waals surface area contributed by atoms with Gasteiger partial charge in [-0.1, -0.05) is 78.9 Å². The van der Waals surface area contributed by atoms with E-state index in [2.05, 4.69) is 117 Å². The lowest BCUT2D eigenvalue weighted by Gasteiger charge is -2.26. The molecular weight excluding hydrogens is 609 g/mol. The van der Waals surface area contributed by atoms with Gasteiger partial charge in [-0.2, -0.15) is 14.0 Å². The highest BCUT2D eigenvalue weighted by molar-refractivity contribution is 7.25. The fraction of sp³-hybridized carbons (Fsp3) is 0. The van der Waals surface area contributed by atoms with Gasteiger partial charge in [0, 0.05) is 48.4 Å². The van der Waals surface area contributed by atoms with E-state index in [9.17, 15) is 15.2 Å². The minimum absolute atomic E-state index is 0.348. The Morgan fingerprint density at radius 2 is 1.41 bits per heavy atom. The van der Waals surface area contributed by atoms with E-state index in [1.165, 1.54) is 32.3 Å². The molecule has 0 atom stereocenters. The average molecular weight is 631 g/mol. The van der Waals surface area contributed by atoms with Crippen molar-refractivity contribution in [3.63, 3.8) is 0 Å². The summed E-state index contributed by atoms with van der Waals surface area (Å²) in [6, 6.07) is 44.0. The summed E-state index contributed by atoms with van der Waals surface area (Å²) in [5.74, 6) is -1.27. The number of thiophene rings is 1. The van der Waals surface area contributed by atoms with E-state index in [4.69, 9.17) is 0 Å². The van der Waals surface area contributed by atoms with Crippen LogP contribution in [0.4, 0.5) is 17.1 Å². The number of anilines is 3. The van der Waals surface area contributed by atoms with E-state index in [1.54, 1.807) is 23.5 Å². The fourth-order valence-corrected chi connectivity index (χ4v) is 7.70. The Morgan fingerprint density at radius 1 is 0.717 bits per heavy atom. The third kappa shape index (κ3) is 4.75. The number of rotatable bonds is 6. The Morgan fingerprint density at radius 3 is 2.22 bits per heavy atom. The van der Waals surface area contributed by atoms with Crippen molar-refractivity contribution in [3.8, 4) is 17.2 Å². The zero-order valence-corrected chi connectivity index (χ0v) is 25.7. The minimum Gasteiger partial charge on any atom is -0.477 e. The standard InChI is InChI=1S/C38H22N4O2S2/c39-22-27(38(43)44)18-26-12-15-31(37-36(26)40-46-41-37)25-11-16-32-33-17-14-30(21-35(33)45-34(32)20-25)42(28-8-2-1-3-9-28)29-13-10-23-6-4-5-7-24(23)19-29/h1-21H,(H,43,44)/b27-18+. The Balaban J connectivity index is 1.23. The van der Waals surface area contributed by atoms with Gasteiger partial charge >= 0.3 is 5.97 Å². The molecule has 2 heterocycles. The van der Waals surface area contributed by atoms with Crippen molar-refractivity contribution in [2.45, 2.75) is 0 Å². The van der Waals surface area contributed by atoms with Gasteiger partial charge in [-0.25, -0.2) is 4.79 Å². The number of para-hydroxylation sites is 1. The summed E-state index contributed by atoms with van der Waals surface area (Å²) in [5, 5.41) is 23.3. The lowest BCUT2D eigenvalue weighted by Crippen LogP contribution is -2.09. The van der Waals surface area contributed by atoms with Gasteiger partial charge in [0.15, 0.2) is 0 Å². The van der Waals surface area contributed by atoms with Crippen LogP contribution in [0.15, 0.2) is 127 Å². The molecule has 8 aromatic rings. The van der Waals surface area contributed by atoms with Crippen LogP contribution in [0, 0.1) is 11.3 Å². The van der Waals surface area contributed by atoms with E-state index >= 15 is 0 Å². The molecule has 0 fully saturated rings. The van der Waals surface area contributed by atoms with Gasteiger partial charge in [-0.15, -0.1) is 11.3 Å². The summed E-state index contributed by atoms with van der Waals surface area (Å²) >= 11 is 2.82. The van der Waals surface area contributed by atoms with Crippen molar-refractivity contribution >= 4 is 94.2 Å². The summed E-state index contributed by atoms with van der Waals surface area (Å²) in [6.07, 6.45) is 1.35. The molecule has 0 bridgehead atoms. The molecule has 0 saturated carbocycles.